The van der Waals surface area contributed by atoms with Crippen LogP contribution in [0.1, 0.15) is 44.2 Å². The number of benzene rings is 2. The highest BCUT2D eigenvalue weighted by molar-refractivity contribution is 6.31. The van der Waals surface area contributed by atoms with Crippen molar-refractivity contribution in [3.05, 3.63) is 64.7 Å². The molecule has 6 heteroatoms. The normalized spacial score (nSPS) is 10.7. The molecule has 0 aromatic heterocycles. The predicted molar refractivity (Wildman–Crippen MR) is 117 cm³/mol. The van der Waals surface area contributed by atoms with Crippen molar-refractivity contribution in [3.8, 4) is 0 Å². The van der Waals surface area contributed by atoms with Crippen LogP contribution in [0, 0.1) is 11.3 Å². The van der Waals surface area contributed by atoms with E-state index < -0.39 is 5.97 Å². The predicted octanol–water partition coefficient (Wildman–Crippen LogP) is 5.09. The van der Waals surface area contributed by atoms with Crippen LogP contribution in [0.15, 0.2) is 48.5 Å². The van der Waals surface area contributed by atoms with E-state index in [0.717, 1.165) is 12.8 Å². The summed E-state index contributed by atoms with van der Waals surface area (Å²) in [6, 6.07) is 14.2. The SMILES string of the molecule is CCC(CC)CC(=O)N(CC(=O)OC)c1ccc(Cl)cc1C(=N)c1ccccc1. The molecule has 0 heterocycles. The van der Waals surface area contributed by atoms with E-state index in [4.69, 9.17) is 21.7 Å². The first-order valence-electron chi connectivity index (χ1n) is 9.72. The zero-order chi connectivity index (χ0) is 21.4. The van der Waals surface area contributed by atoms with Crippen LogP contribution in [0.25, 0.3) is 0 Å². The van der Waals surface area contributed by atoms with Gasteiger partial charge in [0, 0.05) is 22.6 Å². The van der Waals surface area contributed by atoms with Crippen molar-refractivity contribution in [3.63, 3.8) is 0 Å². The molecule has 0 saturated carbocycles. The summed E-state index contributed by atoms with van der Waals surface area (Å²) in [7, 11) is 1.29. The zero-order valence-corrected chi connectivity index (χ0v) is 17.8. The van der Waals surface area contributed by atoms with Crippen molar-refractivity contribution in [2.75, 3.05) is 18.6 Å². The maximum atomic E-state index is 13.1. The van der Waals surface area contributed by atoms with E-state index >= 15 is 0 Å². The highest BCUT2D eigenvalue weighted by Crippen LogP contribution is 2.28. The molecule has 2 aromatic rings. The summed E-state index contributed by atoms with van der Waals surface area (Å²) in [4.78, 5) is 26.6. The van der Waals surface area contributed by atoms with Crippen molar-refractivity contribution >= 4 is 34.9 Å². The number of hydrogen-bond donors (Lipinski definition) is 1. The third kappa shape index (κ3) is 5.91. The number of hydrogen-bond acceptors (Lipinski definition) is 4. The van der Waals surface area contributed by atoms with Crippen molar-refractivity contribution in [2.45, 2.75) is 33.1 Å². The molecule has 2 rings (SSSR count). The molecular weight excluding hydrogens is 388 g/mol. The van der Waals surface area contributed by atoms with Crippen LogP contribution in [-0.2, 0) is 14.3 Å². The Bertz CT molecular complexity index is 864. The summed E-state index contributed by atoms with van der Waals surface area (Å²) in [5.41, 5.74) is 1.89. The molecule has 0 aliphatic heterocycles. The molecule has 0 spiro atoms. The van der Waals surface area contributed by atoms with E-state index in [0.29, 0.717) is 28.3 Å². The van der Waals surface area contributed by atoms with Crippen LogP contribution in [0.5, 0.6) is 0 Å². The summed E-state index contributed by atoms with van der Waals surface area (Å²) in [5, 5.41) is 9.12. The molecule has 0 aliphatic carbocycles. The van der Waals surface area contributed by atoms with Crippen molar-refractivity contribution < 1.29 is 14.3 Å². The van der Waals surface area contributed by atoms with E-state index in [-0.39, 0.29) is 24.1 Å². The van der Waals surface area contributed by atoms with E-state index in [2.05, 4.69) is 0 Å². The van der Waals surface area contributed by atoms with Crippen molar-refractivity contribution in [1.82, 2.24) is 0 Å². The molecule has 0 bridgehead atoms. The average molecular weight is 415 g/mol. The third-order valence-corrected chi connectivity index (χ3v) is 5.25. The highest BCUT2D eigenvalue weighted by Gasteiger charge is 2.25. The maximum Gasteiger partial charge on any atom is 0.325 e. The standard InChI is InChI=1S/C23H27ClN2O3/c1-4-16(5-2)13-21(27)26(15-22(28)29-3)20-12-11-18(24)14-19(20)23(25)17-9-7-6-8-10-17/h6-12,14,16,25H,4-5,13,15H2,1-3H3. The van der Waals surface area contributed by atoms with Gasteiger partial charge in [-0.15, -0.1) is 0 Å². The molecule has 1 N–H and O–H groups in total. The molecular formula is C23H27ClN2O3. The summed E-state index contributed by atoms with van der Waals surface area (Å²) in [6.07, 6.45) is 2.08. The fourth-order valence-corrected chi connectivity index (χ4v) is 3.31. The monoisotopic (exact) mass is 414 g/mol. The Morgan fingerprint density at radius 1 is 1.10 bits per heavy atom. The zero-order valence-electron chi connectivity index (χ0n) is 17.1. The van der Waals surface area contributed by atoms with Crippen molar-refractivity contribution in [1.29, 1.82) is 5.41 Å². The number of rotatable bonds is 9. The first kappa shape index (κ1) is 22.6. The van der Waals surface area contributed by atoms with Crippen LogP contribution in [-0.4, -0.2) is 31.2 Å². The Morgan fingerprint density at radius 3 is 2.34 bits per heavy atom. The number of halogens is 1. The van der Waals surface area contributed by atoms with Crippen molar-refractivity contribution in [2.24, 2.45) is 5.92 Å². The fourth-order valence-electron chi connectivity index (χ4n) is 3.14. The number of esters is 1. The van der Waals surface area contributed by atoms with Gasteiger partial charge in [0.2, 0.25) is 5.91 Å². The Hall–Kier alpha value is -2.66. The second-order valence-electron chi connectivity index (χ2n) is 6.85. The number of carbonyl (C=O) groups is 2. The molecule has 154 valence electrons. The van der Waals surface area contributed by atoms with Gasteiger partial charge in [-0.25, -0.2) is 0 Å². The summed E-state index contributed by atoms with van der Waals surface area (Å²) >= 11 is 6.20. The Labute approximate surface area is 177 Å². The lowest BCUT2D eigenvalue weighted by molar-refractivity contribution is -0.140. The molecule has 1 amide bonds. The number of nitrogens with one attached hydrogen (secondary N) is 1. The van der Waals surface area contributed by atoms with Crippen LogP contribution in [0.2, 0.25) is 5.02 Å². The minimum absolute atomic E-state index is 0.173. The van der Waals surface area contributed by atoms with Crippen LogP contribution >= 0.6 is 11.6 Å². The molecule has 0 atom stereocenters. The molecule has 0 unspecified atom stereocenters. The lowest BCUT2D eigenvalue weighted by atomic mass is 9.97. The summed E-state index contributed by atoms with van der Waals surface area (Å²) in [6.45, 7) is 3.88. The minimum atomic E-state index is -0.518. The topological polar surface area (TPSA) is 70.5 Å². The molecule has 0 aliphatic rings. The second-order valence-corrected chi connectivity index (χ2v) is 7.28. The molecule has 2 aromatic carbocycles. The minimum Gasteiger partial charge on any atom is -0.468 e. The molecule has 0 radical (unpaired) electrons. The molecule has 0 saturated heterocycles. The highest BCUT2D eigenvalue weighted by atomic mass is 35.5. The number of nitrogens with zero attached hydrogens (tertiary/aromatic N) is 1. The Balaban J connectivity index is 2.50. The first-order valence-corrected chi connectivity index (χ1v) is 10.1. The van der Waals surface area contributed by atoms with Crippen LogP contribution < -0.4 is 4.90 Å². The summed E-state index contributed by atoms with van der Waals surface area (Å²) < 4.78 is 4.81. The van der Waals surface area contributed by atoms with Gasteiger partial charge in [-0.2, -0.15) is 0 Å². The van der Waals surface area contributed by atoms with E-state index in [1.807, 2.05) is 44.2 Å². The molecule has 5 nitrogen and oxygen atoms in total. The number of ether oxygens (including phenoxy) is 1. The molecule has 29 heavy (non-hydrogen) atoms. The smallest absolute Gasteiger partial charge is 0.325 e. The van der Waals surface area contributed by atoms with E-state index in [1.54, 1.807) is 18.2 Å². The average Bonchev–Trinajstić information content (AvgIpc) is 2.75. The van der Waals surface area contributed by atoms with Gasteiger partial charge in [-0.1, -0.05) is 68.6 Å². The number of methoxy groups -OCH3 is 1. The van der Waals surface area contributed by atoms with Gasteiger partial charge < -0.3 is 9.64 Å². The van der Waals surface area contributed by atoms with Gasteiger partial charge >= 0.3 is 5.97 Å². The number of carbonyl (C=O) groups excluding carboxylic acids is 2. The Kier molecular flexibility index (Phi) is 8.40. The van der Waals surface area contributed by atoms with Gasteiger partial charge in [0.05, 0.1) is 18.5 Å². The first-order chi connectivity index (χ1) is 13.9. The fraction of sp³-hybridized carbons (Fsp3) is 0.348. The van der Waals surface area contributed by atoms with Gasteiger partial charge in [0.25, 0.3) is 0 Å². The Morgan fingerprint density at radius 2 is 1.76 bits per heavy atom. The second kappa shape index (κ2) is 10.8. The largest absolute Gasteiger partial charge is 0.468 e. The molecule has 0 fully saturated rings. The van der Waals surface area contributed by atoms with Gasteiger partial charge in [0.1, 0.15) is 6.54 Å². The van der Waals surface area contributed by atoms with Gasteiger partial charge in [-0.05, 0) is 24.1 Å². The van der Waals surface area contributed by atoms with E-state index in [9.17, 15) is 9.59 Å². The maximum absolute atomic E-state index is 13.1. The van der Waals surface area contributed by atoms with Gasteiger partial charge in [-0.3, -0.25) is 15.0 Å². The number of anilines is 1. The quantitative estimate of drug-likeness (QED) is 0.459. The van der Waals surface area contributed by atoms with Gasteiger partial charge in [0.15, 0.2) is 0 Å². The third-order valence-electron chi connectivity index (χ3n) is 5.02. The van der Waals surface area contributed by atoms with Crippen LogP contribution in [0.3, 0.4) is 0 Å². The lowest BCUT2D eigenvalue weighted by Gasteiger charge is -2.26. The number of amides is 1. The summed E-state index contributed by atoms with van der Waals surface area (Å²) in [5.74, 6) is -0.462. The van der Waals surface area contributed by atoms with E-state index in [1.165, 1.54) is 12.0 Å². The van der Waals surface area contributed by atoms with Crippen LogP contribution in [0.4, 0.5) is 5.69 Å². The lowest BCUT2D eigenvalue weighted by Crippen LogP contribution is -2.38.